The molecule has 104 valence electrons. The Morgan fingerprint density at radius 2 is 1.84 bits per heavy atom. The second-order valence-electron chi connectivity index (χ2n) is 6.39. The van der Waals surface area contributed by atoms with Gasteiger partial charge >= 0.3 is 0 Å². The van der Waals surface area contributed by atoms with Crippen LogP contribution >= 0.6 is 0 Å². The second-order valence-corrected chi connectivity index (χ2v) is 6.39. The lowest BCUT2D eigenvalue weighted by atomic mass is 10.00. The van der Waals surface area contributed by atoms with Gasteiger partial charge in [-0.3, -0.25) is 4.79 Å². The minimum atomic E-state index is 0.105. The third-order valence-electron chi connectivity index (χ3n) is 3.93. The molecule has 1 N–H and O–H groups in total. The normalized spacial score (nSPS) is 23.2. The van der Waals surface area contributed by atoms with Gasteiger partial charge in [-0.25, -0.2) is 0 Å². The predicted octanol–water partition coefficient (Wildman–Crippen LogP) is 3.72. The van der Waals surface area contributed by atoms with Gasteiger partial charge in [0, 0.05) is 5.92 Å². The minimum Gasteiger partial charge on any atom is -0.349 e. The first-order valence-corrected chi connectivity index (χ1v) is 7.36. The number of hydrogen-bond acceptors (Lipinski definition) is 1. The topological polar surface area (TPSA) is 29.1 Å². The lowest BCUT2D eigenvalue weighted by molar-refractivity contribution is -0.123. The molecule has 0 saturated heterocycles. The molecule has 3 atom stereocenters. The summed E-state index contributed by atoms with van der Waals surface area (Å²) in [5, 5.41) is 3.11. The molecule has 0 aliphatic heterocycles. The fourth-order valence-corrected chi connectivity index (χ4v) is 2.50. The largest absolute Gasteiger partial charge is 0.349 e. The number of benzene rings is 1. The van der Waals surface area contributed by atoms with Crippen molar-refractivity contribution in [2.75, 3.05) is 0 Å². The standard InChI is InChI=1S/C17H25NO/c1-11(2)9-14-5-7-15(8-6-14)13(4)18-17(19)16-10-12(16)3/h5-8,11-13,16H,9-10H2,1-4H3,(H,18,19)/t12-,13-,16+/m0/s1. The Morgan fingerprint density at radius 3 is 2.32 bits per heavy atom. The van der Waals surface area contributed by atoms with Crippen LogP contribution in [-0.4, -0.2) is 5.91 Å². The molecular formula is C17H25NO. The number of hydrogen-bond donors (Lipinski definition) is 1. The van der Waals surface area contributed by atoms with Crippen molar-refractivity contribution < 1.29 is 4.79 Å². The number of rotatable bonds is 5. The number of amides is 1. The van der Waals surface area contributed by atoms with Crippen LogP contribution < -0.4 is 5.32 Å². The van der Waals surface area contributed by atoms with Crippen molar-refractivity contribution >= 4 is 5.91 Å². The fraction of sp³-hybridized carbons (Fsp3) is 0.588. The molecule has 0 bridgehead atoms. The highest BCUT2D eigenvalue weighted by Crippen LogP contribution is 2.38. The molecule has 0 aromatic heterocycles. The third-order valence-corrected chi connectivity index (χ3v) is 3.93. The van der Waals surface area contributed by atoms with Crippen LogP contribution in [0.5, 0.6) is 0 Å². The molecule has 19 heavy (non-hydrogen) atoms. The van der Waals surface area contributed by atoms with Gasteiger partial charge < -0.3 is 5.32 Å². The molecule has 1 aliphatic rings. The molecule has 2 heteroatoms. The van der Waals surface area contributed by atoms with Gasteiger partial charge in [0.2, 0.25) is 5.91 Å². The van der Waals surface area contributed by atoms with Gasteiger partial charge in [0.1, 0.15) is 0 Å². The number of nitrogens with one attached hydrogen (secondary N) is 1. The maximum absolute atomic E-state index is 11.9. The van der Waals surface area contributed by atoms with Crippen LogP contribution in [0.15, 0.2) is 24.3 Å². The Hall–Kier alpha value is -1.31. The quantitative estimate of drug-likeness (QED) is 0.858. The molecule has 1 amide bonds. The zero-order valence-electron chi connectivity index (χ0n) is 12.4. The van der Waals surface area contributed by atoms with Gasteiger partial charge in [-0.1, -0.05) is 45.0 Å². The van der Waals surface area contributed by atoms with Crippen LogP contribution in [0, 0.1) is 17.8 Å². The average Bonchev–Trinajstić information content (AvgIpc) is 3.06. The van der Waals surface area contributed by atoms with Crippen LogP contribution in [0.3, 0.4) is 0 Å². The Labute approximate surface area is 116 Å². The summed E-state index contributed by atoms with van der Waals surface area (Å²) in [7, 11) is 0. The van der Waals surface area contributed by atoms with Gasteiger partial charge in [0.05, 0.1) is 6.04 Å². The van der Waals surface area contributed by atoms with E-state index in [0.717, 1.165) is 12.8 Å². The predicted molar refractivity (Wildman–Crippen MR) is 78.8 cm³/mol. The summed E-state index contributed by atoms with van der Waals surface area (Å²) in [6.07, 6.45) is 2.16. The molecule has 2 nitrogen and oxygen atoms in total. The van der Waals surface area contributed by atoms with Crippen molar-refractivity contribution in [2.24, 2.45) is 17.8 Å². The summed E-state index contributed by atoms with van der Waals surface area (Å²) in [6, 6.07) is 8.74. The monoisotopic (exact) mass is 259 g/mol. The molecule has 1 aromatic carbocycles. The van der Waals surface area contributed by atoms with E-state index in [1.807, 2.05) is 0 Å². The molecule has 1 fully saturated rings. The van der Waals surface area contributed by atoms with Gasteiger partial charge in [-0.2, -0.15) is 0 Å². The van der Waals surface area contributed by atoms with Crippen LogP contribution in [0.4, 0.5) is 0 Å². The van der Waals surface area contributed by atoms with Crippen LogP contribution in [0.1, 0.15) is 51.3 Å². The summed E-state index contributed by atoms with van der Waals surface area (Å²) in [4.78, 5) is 11.9. The lowest BCUT2D eigenvalue weighted by Crippen LogP contribution is -2.28. The maximum atomic E-state index is 11.9. The summed E-state index contributed by atoms with van der Waals surface area (Å²) in [5.74, 6) is 1.72. The van der Waals surface area contributed by atoms with E-state index < -0.39 is 0 Å². The van der Waals surface area contributed by atoms with Gasteiger partial charge in [0.25, 0.3) is 0 Å². The van der Waals surface area contributed by atoms with E-state index in [4.69, 9.17) is 0 Å². The Morgan fingerprint density at radius 1 is 1.26 bits per heavy atom. The van der Waals surface area contributed by atoms with Crippen LogP contribution in [-0.2, 0) is 11.2 Å². The second kappa shape index (κ2) is 5.77. The van der Waals surface area contributed by atoms with E-state index >= 15 is 0 Å². The molecular weight excluding hydrogens is 234 g/mol. The van der Waals surface area contributed by atoms with Gasteiger partial charge in [-0.15, -0.1) is 0 Å². The molecule has 0 unspecified atom stereocenters. The number of carbonyl (C=O) groups excluding carboxylic acids is 1. The zero-order valence-corrected chi connectivity index (χ0v) is 12.4. The Bertz CT molecular complexity index is 435. The zero-order chi connectivity index (χ0) is 14.0. The number of carbonyl (C=O) groups is 1. The van der Waals surface area contributed by atoms with E-state index in [-0.39, 0.29) is 17.9 Å². The Kier molecular flexibility index (Phi) is 4.28. The molecule has 1 aromatic rings. The van der Waals surface area contributed by atoms with Crippen molar-refractivity contribution in [3.63, 3.8) is 0 Å². The van der Waals surface area contributed by atoms with Crippen molar-refractivity contribution in [1.29, 1.82) is 0 Å². The highest BCUT2D eigenvalue weighted by molar-refractivity contribution is 5.81. The summed E-state index contributed by atoms with van der Waals surface area (Å²) >= 11 is 0. The fourth-order valence-electron chi connectivity index (χ4n) is 2.50. The summed E-state index contributed by atoms with van der Waals surface area (Å²) in [6.45, 7) is 8.65. The SMILES string of the molecule is CC(C)Cc1ccc([C@H](C)NC(=O)[C@@H]2C[C@@H]2C)cc1. The highest BCUT2D eigenvalue weighted by atomic mass is 16.2. The van der Waals surface area contributed by atoms with E-state index in [1.165, 1.54) is 11.1 Å². The first kappa shape index (κ1) is 14.1. The highest BCUT2D eigenvalue weighted by Gasteiger charge is 2.39. The van der Waals surface area contributed by atoms with E-state index in [0.29, 0.717) is 11.8 Å². The summed E-state index contributed by atoms with van der Waals surface area (Å²) < 4.78 is 0. The maximum Gasteiger partial charge on any atom is 0.223 e. The van der Waals surface area contributed by atoms with Gasteiger partial charge in [-0.05, 0) is 42.7 Å². The molecule has 1 saturated carbocycles. The summed E-state index contributed by atoms with van der Waals surface area (Å²) in [5.41, 5.74) is 2.56. The lowest BCUT2D eigenvalue weighted by Gasteiger charge is -2.15. The van der Waals surface area contributed by atoms with Crippen molar-refractivity contribution in [1.82, 2.24) is 5.32 Å². The first-order chi connectivity index (χ1) is 8.97. The van der Waals surface area contributed by atoms with E-state index in [1.54, 1.807) is 0 Å². The van der Waals surface area contributed by atoms with E-state index in [9.17, 15) is 4.79 Å². The molecule has 0 spiro atoms. The third kappa shape index (κ3) is 3.82. The van der Waals surface area contributed by atoms with Crippen LogP contribution in [0.2, 0.25) is 0 Å². The van der Waals surface area contributed by atoms with Crippen molar-refractivity contribution in [2.45, 2.75) is 46.6 Å². The van der Waals surface area contributed by atoms with Crippen molar-refractivity contribution in [3.05, 3.63) is 35.4 Å². The first-order valence-electron chi connectivity index (χ1n) is 7.36. The Balaban J connectivity index is 1.91. The molecule has 1 aliphatic carbocycles. The van der Waals surface area contributed by atoms with Crippen molar-refractivity contribution in [3.8, 4) is 0 Å². The smallest absolute Gasteiger partial charge is 0.223 e. The molecule has 0 radical (unpaired) electrons. The average molecular weight is 259 g/mol. The molecule has 0 heterocycles. The van der Waals surface area contributed by atoms with Crippen LogP contribution in [0.25, 0.3) is 0 Å². The van der Waals surface area contributed by atoms with E-state index in [2.05, 4.69) is 57.3 Å². The van der Waals surface area contributed by atoms with Gasteiger partial charge in [0.15, 0.2) is 0 Å². The minimum absolute atomic E-state index is 0.105. The molecule has 2 rings (SSSR count).